The molecule has 1 aromatic carbocycles. The molecule has 1 fully saturated rings. The molecule has 1 aromatic heterocycles. The molecule has 26 heavy (non-hydrogen) atoms. The minimum Gasteiger partial charge on any atom is -0.469 e. The number of non-ortho nitro benzene ring substituents is 1. The van der Waals surface area contributed by atoms with Gasteiger partial charge in [0.25, 0.3) is 11.2 Å². The standard InChI is InChI=1S/C17H18N4O5/c1-10(18-11-3-4-11)16-14(9-15(22)26-2)19-20(17(16)23)12-5-7-13(8-6-12)21(24)25/h5-8,11,19H,3-4,9H2,1-2H3. The molecular formula is C17H18N4O5. The molecule has 1 N–H and O–H groups in total. The maximum absolute atomic E-state index is 12.9. The van der Waals surface area contributed by atoms with Gasteiger partial charge in [0, 0.05) is 17.8 Å². The number of nitrogens with zero attached hydrogens (tertiary/aromatic N) is 3. The highest BCUT2D eigenvalue weighted by atomic mass is 16.6. The number of H-pyrrole nitrogens is 1. The zero-order chi connectivity index (χ0) is 18.8. The summed E-state index contributed by atoms with van der Waals surface area (Å²) >= 11 is 0. The number of rotatable bonds is 6. The van der Waals surface area contributed by atoms with E-state index >= 15 is 0 Å². The van der Waals surface area contributed by atoms with E-state index in [4.69, 9.17) is 4.74 Å². The molecular weight excluding hydrogens is 340 g/mol. The van der Waals surface area contributed by atoms with E-state index in [1.165, 1.54) is 36.1 Å². The Morgan fingerprint density at radius 3 is 2.58 bits per heavy atom. The van der Waals surface area contributed by atoms with E-state index in [0.717, 1.165) is 12.8 Å². The Kier molecular flexibility index (Phi) is 4.70. The number of esters is 1. The van der Waals surface area contributed by atoms with Crippen molar-refractivity contribution < 1.29 is 14.5 Å². The first-order valence-electron chi connectivity index (χ1n) is 8.11. The molecule has 136 valence electrons. The van der Waals surface area contributed by atoms with Gasteiger partial charge in [-0.15, -0.1) is 0 Å². The molecule has 0 radical (unpaired) electrons. The van der Waals surface area contributed by atoms with E-state index < -0.39 is 10.9 Å². The minimum atomic E-state index is -0.512. The van der Waals surface area contributed by atoms with Crippen LogP contribution in [0.3, 0.4) is 0 Å². The molecule has 3 rings (SSSR count). The quantitative estimate of drug-likeness (QED) is 0.365. The molecule has 1 aliphatic carbocycles. The third kappa shape index (κ3) is 3.56. The van der Waals surface area contributed by atoms with Crippen LogP contribution in [0.1, 0.15) is 31.0 Å². The van der Waals surface area contributed by atoms with Crippen molar-refractivity contribution in [1.29, 1.82) is 0 Å². The van der Waals surface area contributed by atoms with Crippen molar-refractivity contribution in [2.24, 2.45) is 4.99 Å². The topological polar surface area (TPSA) is 120 Å². The van der Waals surface area contributed by atoms with Gasteiger partial charge in [-0.2, -0.15) is 0 Å². The maximum atomic E-state index is 12.9. The van der Waals surface area contributed by atoms with Gasteiger partial charge in [-0.3, -0.25) is 29.8 Å². The summed E-state index contributed by atoms with van der Waals surface area (Å²) in [6.07, 6.45) is 1.88. The fourth-order valence-electron chi connectivity index (χ4n) is 2.65. The Morgan fingerprint density at radius 2 is 2.04 bits per heavy atom. The van der Waals surface area contributed by atoms with E-state index in [0.29, 0.717) is 22.7 Å². The fraction of sp³-hybridized carbons (Fsp3) is 0.353. The number of aliphatic imine (C=N–C) groups is 1. The van der Waals surface area contributed by atoms with Crippen LogP contribution in [0.25, 0.3) is 5.69 Å². The smallest absolute Gasteiger partial charge is 0.311 e. The lowest BCUT2D eigenvalue weighted by Gasteiger charge is -2.02. The number of nitrogens with one attached hydrogen (secondary N) is 1. The number of hydrogen-bond donors (Lipinski definition) is 1. The van der Waals surface area contributed by atoms with Crippen LogP contribution in [0.15, 0.2) is 34.1 Å². The van der Waals surface area contributed by atoms with Crippen molar-refractivity contribution in [2.45, 2.75) is 32.2 Å². The van der Waals surface area contributed by atoms with Crippen molar-refractivity contribution in [2.75, 3.05) is 7.11 Å². The van der Waals surface area contributed by atoms with Crippen LogP contribution in [-0.2, 0) is 16.0 Å². The van der Waals surface area contributed by atoms with Crippen molar-refractivity contribution in [3.05, 3.63) is 56.0 Å². The normalized spacial score (nSPS) is 14.3. The van der Waals surface area contributed by atoms with Crippen molar-refractivity contribution >= 4 is 17.4 Å². The van der Waals surface area contributed by atoms with E-state index in [1.54, 1.807) is 6.92 Å². The van der Waals surface area contributed by atoms with Crippen LogP contribution in [0.4, 0.5) is 5.69 Å². The molecule has 0 saturated heterocycles. The molecule has 0 aliphatic heterocycles. The Hall–Kier alpha value is -3.23. The molecule has 0 spiro atoms. The second-order valence-electron chi connectivity index (χ2n) is 6.08. The Labute approximate surface area is 148 Å². The highest BCUT2D eigenvalue weighted by molar-refractivity contribution is 6.00. The van der Waals surface area contributed by atoms with E-state index in [9.17, 15) is 19.7 Å². The average Bonchev–Trinajstić information content (AvgIpc) is 3.37. The Balaban J connectivity index is 2.06. The van der Waals surface area contributed by atoms with Gasteiger partial charge in [-0.1, -0.05) is 0 Å². The summed E-state index contributed by atoms with van der Waals surface area (Å²) in [6, 6.07) is 5.79. The number of benzene rings is 1. The lowest BCUT2D eigenvalue weighted by Crippen LogP contribution is -2.20. The highest BCUT2D eigenvalue weighted by Gasteiger charge is 2.24. The molecule has 0 atom stereocenters. The number of nitro groups is 1. The predicted molar refractivity (Wildman–Crippen MR) is 94.0 cm³/mol. The van der Waals surface area contributed by atoms with Crippen LogP contribution in [0.2, 0.25) is 0 Å². The SMILES string of the molecule is COC(=O)Cc1[nH]n(-c2ccc([N+](=O)[O-])cc2)c(=O)c1C(C)=NC1CC1. The molecule has 2 aromatic rings. The molecule has 1 heterocycles. The lowest BCUT2D eigenvalue weighted by atomic mass is 10.1. The number of methoxy groups -OCH3 is 1. The van der Waals surface area contributed by atoms with Crippen LogP contribution < -0.4 is 5.56 Å². The first-order valence-corrected chi connectivity index (χ1v) is 8.11. The molecule has 0 amide bonds. The summed E-state index contributed by atoms with van der Waals surface area (Å²) in [7, 11) is 1.28. The fourth-order valence-corrected chi connectivity index (χ4v) is 2.65. The van der Waals surface area contributed by atoms with E-state index in [1.807, 2.05) is 0 Å². The van der Waals surface area contributed by atoms with Gasteiger partial charge in [-0.05, 0) is 31.9 Å². The first-order chi connectivity index (χ1) is 12.4. The number of carbonyl (C=O) groups excluding carboxylic acids is 1. The van der Waals surface area contributed by atoms with E-state index in [-0.39, 0.29) is 23.7 Å². The van der Waals surface area contributed by atoms with Crippen LogP contribution in [0, 0.1) is 10.1 Å². The van der Waals surface area contributed by atoms with Gasteiger partial charge < -0.3 is 4.74 Å². The number of aromatic amines is 1. The van der Waals surface area contributed by atoms with Gasteiger partial charge >= 0.3 is 5.97 Å². The lowest BCUT2D eigenvalue weighted by molar-refractivity contribution is -0.384. The summed E-state index contributed by atoms with van der Waals surface area (Å²) < 4.78 is 5.95. The van der Waals surface area contributed by atoms with E-state index in [2.05, 4.69) is 10.1 Å². The molecule has 9 heteroatoms. The van der Waals surface area contributed by atoms with Crippen LogP contribution in [0.5, 0.6) is 0 Å². The summed E-state index contributed by atoms with van der Waals surface area (Å²) in [5.74, 6) is -0.484. The molecule has 1 aliphatic rings. The summed E-state index contributed by atoms with van der Waals surface area (Å²) in [5, 5.41) is 13.7. The maximum Gasteiger partial charge on any atom is 0.311 e. The van der Waals surface area contributed by atoms with Crippen molar-refractivity contribution in [3.63, 3.8) is 0 Å². The van der Waals surface area contributed by atoms with Gasteiger partial charge in [0.05, 0.1) is 41.4 Å². The zero-order valence-corrected chi connectivity index (χ0v) is 14.4. The second kappa shape index (κ2) is 6.95. The number of hydrogen-bond acceptors (Lipinski definition) is 6. The molecule has 1 saturated carbocycles. The van der Waals surface area contributed by atoms with Crippen LogP contribution in [-0.4, -0.2) is 39.5 Å². The molecule has 0 unspecified atom stereocenters. The first kappa shape index (κ1) is 17.6. The third-order valence-electron chi connectivity index (χ3n) is 4.12. The number of ether oxygens (including phenoxy) is 1. The van der Waals surface area contributed by atoms with Gasteiger partial charge in [0.15, 0.2) is 0 Å². The highest BCUT2D eigenvalue weighted by Crippen LogP contribution is 2.24. The summed E-state index contributed by atoms with van der Waals surface area (Å²) in [5.41, 5.74) is 1.29. The van der Waals surface area contributed by atoms with Gasteiger partial charge in [-0.25, -0.2) is 4.68 Å². The summed E-state index contributed by atoms with van der Waals surface area (Å²) in [4.78, 5) is 39.4. The molecule has 9 nitrogen and oxygen atoms in total. The summed E-state index contributed by atoms with van der Waals surface area (Å²) in [6.45, 7) is 1.74. The monoisotopic (exact) mass is 358 g/mol. The third-order valence-corrected chi connectivity index (χ3v) is 4.12. The van der Waals surface area contributed by atoms with Gasteiger partial charge in [0.2, 0.25) is 0 Å². The zero-order valence-electron chi connectivity index (χ0n) is 14.4. The Bertz CT molecular complexity index is 935. The van der Waals surface area contributed by atoms with Crippen molar-refractivity contribution in [3.8, 4) is 5.69 Å². The average molecular weight is 358 g/mol. The minimum absolute atomic E-state index is 0.0742. The predicted octanol–water partition coefficient (Wildman–Crippen LogP) is 1.76. The largest absolute Gasteiger partial charge is 0.469 e. The number of aromatic nitrogens is 2. The van der Waals surface area contributed by atoms with Crippen molar-refractivity contribution in [1.82, 2.24) is 9.78 Å². The van der Waals surface area contributed by atoms with Crippen LogP contribution >= 0.6 is 0 Å². The second-order valence-corrected chi connectivity index (χ2v) is 6.08. The Morgan fingerprint density at radius 1 is 1.38 bits per heavy atom. The molecule has 0 bridgehead atoms. The number of carbonyl (C=O) groups is 1. The number of nitro benzene ring substituents is 1. The van der Waals surface area contributed by atoms with Gasteiger partial charge in [0.1, 0.15) is 0 Å².